The van der Waals surface area contributed by atoms with Crippen molar-refractivity contribution in [3.05, 3.63) is 0 Å². The van der Waals surface area contributed by atoms with Gasteiger partial charge in [0.2, 0.25) is 0 Å². The van der Waals surface area contributed by atoms with Gasteiger partial charge in [-0.1, -0.05) is 107 Å². The van der Waals surface area contributed by atoms with Crippen LogP contribution in [0.5, 0.6) is 0 Å². The molecule has 0 aliphatic carbocycles. The molecule has 0 nitrogen and oxygen atoms in total. The molecule has 1 unspecified atom stereocenters. The van der Waals surface area contributed by atoms with E-state index in [0.29, 0.717) is 0 Å². The van der Waals surface area contributed by atoms with Gasteiger partial charge < -0.3 is 0 Å². The highest BCUT2D eigenvalue weighted by Gasteiger charge is 2.67. The molecule has 0 fully saturated rings. The summed E-state index contributed by atoms with van der Waals surface area (Å²) in [5.74, 6) is 0. The van der Waals surface area contributed by atoms with Crippen molar-refractivity contribution < 1.29 is 0 Å². The first-order chi connectivity index (χ1) is 7.33. The van der Waals surface area contributed by atoms with Crippen molar-refractivity contribution in [3.8, 4) is 0 Å². The highest BCUT2D eigenvalue weighted by Crippen LogP contribution is 2.60. The van der Waals surface area contributed by atoms with Crippen LogP contribution in [0.1, 0.15) is 41.5 Å². The third-order valence-electron chi connectivity index (χ3n) is 3.45. The SMILES string of the molecule is CC(C)[Si](I)(C(C)C)[Si](I)(C(C)C)[Si](I)(I)I. The Balaban J connectivity index is 5.92. The molecule has 0 rings (SSSR count). The van der Waals surface area contributed by atoms with Crippen LogP contribution in [0, 0.1) is 0 Å². The lowest BCUT2D eigenvalue weighted by Crippen LogP contribution is -2.69. The lowest BCUT2D eigenvalue weighted by molar-refractivity contribution is 0.946. The predicted octanol–water partition coefficient (Wildman–Crippen LogP) is 7.38. The highest BCUT2D eigenvalue weighted by molar-refractivity contribution is 14.4. The zero-order chi connectivity index (χ0) is 14.2. The van der Waals surface area contributed by atoms with Crippen LogP contribution in [-0.4, -0.2) is 9.77 Å². The summed E-state index contributed by atoms with van der Waals surface area (Å²) in [5, 5.41) is -1.22. The van der Waals surface area contributed by atoms with Gasteiger partial charge in [0.1, 0.15) is 5.09 Å². The molecule has 0 spiro atoms. The molecule has 0 aliphatic heterocycles. The van der Waals surface area contributed by atoms with Crippen molar-refractivity contribution in [2.45, 2.75) is 58.2 Å². The summed E-state index contributed by atoms with van der Waals surface area (Å²) in [6.45, 7) is 15.0. The molecule has 0 amide bonds. The summed E-state index contributed by atoms with van der Waals surface area (Å²) in [7, 11) is 0. The normalized spacial score (nSPS) is 18.0. The summed E-state index contributed by atoms with van der Waals surface area (Å²) >= 11 is 14.6. The van der Waals surface area contributed by atoms with Gasteiger partial charge in [0.25, 0.3) is 0.0813 Å². The number of hydrogen-bond acceptors (Lipinski definition) is 0. The summed E-state index contributed by atoms with van der Waals surface area (Å²) in [4.78, 5) is 0. The summed E-state index contributed by atoms with van der Waals surface area (Å²) in [6.07, 6.45) is 0. The monoisotopic (exact) mass is 848 g/mol. The van der Waals surface area contributed by atoms with Gasteiger partial charge in [0.15, 0.2) is 4.61 Å². The van der Waals surface area contributed by atoms with Crippen LogP contribution in [0.25, 0.3) is 0 Å². The molecule has 0 aromatic heterocycles. The van der Waals surface area contributed by atoms with E-state index in [0.717, 1.165) is 16.6 Å². The molecule has 0 saturated carbocycles. The van der Waals surface area contributed by atoms with Crippen LogP contribution in [0.4, 0.5) is 0 Å². The summed E-state index contributed by atoms with van der Waals surface area (Å²) < 4.78 is -2.36. The Labute approximate surface area is 173 Å². The molecule has 0 saturated heterocycles. The van der Waals surface area contributed by atoms with E-state index in [2.05, 4.69) is 151 Å². The van der Waals surface area contributed by atoms with Crippen LogP contribution in [0.2, 0.25) is 16.6 Å². The largest absolute Gasteiger partial charge is 0.251 e. The highest BCUT2D eigenvalue weighted by atomic mass is 127. The van der Waals surface area contributed by atoms with Crippen LogP contribution >= 0.6 is 109 Å². The first-order valence-electron chi connectivity index (χ1n) is 5.78. The maximum absolute atomic E-state index is 3.01. The smallest absolute Gasteiger partial charge is 0.121 e. The molecule has 0 radical (unpaired) electrons. The molecule has 1 atom stereocenters. The van der Waals surface area contributed by atoms with Crippen LogP contribution in [-0.2, 0) is 0 Å². The van der Waals surface area contributed by atoms with Crippen LogP contribution < -0.4 is 0 Å². The first-order valence-corrected chi connectivity index (χ1v) is 29.6. The van der Waals surface area contributed by atoms with E-state index in [4.69, 9.17) is 0 Å². The summed E-state index contributed by atoms with van der Waals surface area (Å²) in [6, 6.07) is 0. The van der Waals surface area contributed by atoms with Gasteiger partial charge in [-0.05, 0) is 16.6 Å². The molecular formula is C9H21I5Si3. The minimum absolute atomic E-state index is 0.903. The van der Waals surface area contributed by atoms with Gasteiger partial charge in [-0.15, -0.1) is 43.6 Å². The van der Waals surface area contributed by atoms with Crippen molar-refractivity contribution >= 4 is 119 Å². The Hall–Kier alpha value is 4.30. The van der Waals surface area contributed by atoms with Gasteiger partial charge in [0.05, 0.1) is 0 Å². The fraction of sp³-hybridized carbons (Fsp3) is 1.00. The fourth-order valence-corrected chi connectivity index (χ4v) is 150. The van der Waals surface area contributed by atoms with E-state index in [1.807, 2.05) is 0 Å². The average molecular weight is 848 g/mol. The van der Waals surface area contributed by atoms with Gasteiger partial charge in [-0.2, -0.15) is 0 Å². The third kappa shape index (κ3) is 4.19. The molecular weight excluding hydrogens is 827 g/mol. The second-order valence-electron chi connectivity index (χ2n) is 5.44. The van der Waals surface area contributed by atoms with Gasteiger partial charge in [0, 0.05) is 0 Å². The lowest BCUT2D eigenvalue weighted by Gasteiger charge is -2.51. The molecule has 8 heteroatoms. The Morgan fingerprint density at radius 1 is 0.588 bits per heavy atom. The minimum Gasteiger partial charge on any atom is -0.121 e. The van der Waals surface area contributed by atoms with E-state index in [1.165, 1.54) is 0 Å². The summed E-state index contributed by atoms with van der Waals surface area (Å²) in [5.41, 5.74) is 2.72. The van der Waals surface area contributed by atoms with Gasteiger partial charge in [-0.25, -0.2) is 0 Å². The Morgan fingerprint density at radius 2 is 0.882 bits per heavy atom. The molecule has 0 aliphatic rings. The second-order valence-corrected chi connectivity index (χ2v) is 85.7. The van der Waals surface area contributed by atoms with Crippen LogP contribution in [0.3, 0.4) is 0 Å². The molecule has 0 N–H and O–H groups in total. The zero-order valence-electron chi connectivity index (χ0n) is 11.1. The van der Waals surface area contributed by atoms with E-state index >= 15 is 0 Å². The van der Waals surface area contributed by atoms with Gasteiger partial charge in [-0.3, -0.25) is 0 Å². The molecule has 0 heterocycles. The van der Waals surface area contributed by atoms with Crippen molar-refractivity contribution in [1.82, 2.24) is 0 Å². The number of halogens is 5. The number of hydrogen-bond donors (Lipinski definition) is 0. The third-order valence-corrected chi connectivity index (χ3v) is 143. The predicted molar refractivity (Wildman–Crippen MR) is 133 cm³/mol. The van der Waals surface area contributed by atoms with Crippen molar-refractivity contribution in [1.29, 1.82) is 0 Å². The maximum atomic E-state index is 3.01. The van der Waals surface area contributed by atoms with Gasteiger partial charge >= 0.3 is 0 Å². The first kappa shape index (κ1) is 21.3. The molecule has 0 aromatic carbocycles. The van der Waals surface area contributed by atoms with E-state index in [-0.39, 0.29) is 0 Å². The van der Waals surface area contributed by atoms with E-state index in [1.54, 1.807) is 0 Å². The minimum atomic E-state index is -1.22. The van der Waals surface area contributed by atoms with Crippen molar-refractivity contribution in [2.24, 2.45) is 0 Å². The molecule has 17 heavy (non-hydrogen) atoms. The Bertz CT molecular complexity index is 256. The quantitative estimate of drug-likeness (QED) is 0.154. The molecule has 104 valence electrons. The number of rotatable bonds is 5. The van der Waals surface area contributed by atoms with Crippen molar-refractivity contribution in [3.63, 3.8) is 0 Å². The second kappa shape index (κ2) is 7.72. The standard InChI is InChI=1S/C9H21I5Si3/c1-7(2)15(10,8(3)4)16(11,9(5)6)17(12,13)14/h7-9H,1-6H3. The average Bonchev–Trinajstić information content (AvgIpc) is 2.12. The maximum Gasteiger partial charge on any atom is 0.251 e. The lowest BCUT2D eigenvalue weighted by atomic mass is 10.5. The zero-order valence-corrected chi connectivity index (χ0v) is 24.9. The van der Waals surface area contributed by atoms with Crippen molar-refractivity contribution in [2.75, 3.05) is 0 Å². The Kier molecular flexibility index (Phi) is 9.67. The van der Waals surface area contributed by atoms with E-state index < -0.39 is 9.77 Å². The topological polar surface area (TPSA) is 0 Å². The van der Waals surface area contributed by atoms with E-state index in [9.17, 15) is 0 Å². The van der Waals surface area contributed by atoms with Crippen LogP contribution in [0.15, 0.2) is 0 Å². The molecule has 0 bridgehead atoms. The molecule has 0 aromatic rings. The Morgan fingerprint density at radius 3 is 0.941 bits per heavy atom. The fourth-order valence-electron chi connectivity index (χ4n) is 2.49.